The number of nitrogens with one attached hydrogen (secondary N) is 2. The monoisotopic (exact) mass is 310 g/mol. The number of halogens is 2. The van der Waals surface area contributed by atoms with E-state index in [2.05, 4.69) is 34.4 Å². The van der Waals surface area contributed by atoms with E-state index in [-0.39, 0.29) is 0 Å². The molecule has 0 amide bonds. The van der Waals surface area contributed by atoms with Crippen molar-refractivity contribution in [2.45, 2.75) is 13.8 Å². The van der Waals surface area contributed by atoms with Gasteiger partial charge in [0.1, 0.15) is 5.82 Å². The average Bonchev–Trinajstić information content (AvgIpc) is 2.40. The Kier molecular flexibility index (Phi) is 5.04. The fourth-order valence-electron chi connectivity index (χ4n) is 1.54. The van der Waals surface area contributed by atoms with Gasteiger partial charge in [0.2, 0.25) is 5.95 Å². The smallest absolute Gasteiger partial charge is 0.229 e. The number of nitrogens with zero attached hydrogens (tertiary/aromatic N) is 2. The van der Waals surface area contributed by atoms with Gasteiger partial charge < -0.3 is 10.6 Å². The zero-order valence-corrected chi connectivity index (χ0v) is 12.8. The summed E-state index contributed by atoms with van der Waals surface area (Å²) >= 11 is 12.0. The summed E-state index contributed by atoms with van der Waals surface area (Å²) in [6.45, 7) is 5.14. The fourth-order valence-corrected chi connectivity index (χ4v) is 1.99. The highest BCUT2D eigenvalue weighted by Gasteiger charge is 2.04. The van der Waals surface area contributed by atoms with Gasteiger partial charge in [-0.15, -0.1) is 0 Å². The minimum Gasteiger partial charge on any atom is -0.370 e. The molecule has 2 rings (SSSR count). The topological polar surface area (TPSA) is 49.8 Å². The summed E-state index contributed by atoms with van der Waals surface area (Å²) < 4.78 is 0. The van der Waals surface area contributed by atoms with Crippen LogP contribution < -0.4 is 10.6 Å². The Morgan fingerprint density at radius 2 is 2.00 bits per heavy atom. The molecule has 1 heterocycles. The molecule has 0 aliphatic rings. The molecule has 0 aliphatic heterocycles. The molecule has 0 unspecified atom stereocenters. The van der Waals surface area contributed by atoms with Gasteiger partial charge in [-0.2, -0.15) is 4.98 Å². The highest BCUT2D eigenvalue weighted by atomic mass is 35.5. The molecular formula is C14H16Cl2N4. The lowest BCUT2D eigenvalue weighted by molar-refractivity contribution is 0.687. The first kappa shape index (κ1) is 14.9. The lowest BCUT2D eigenvalue weighted by atomic mass is 10.2. The van der Waals surface area contributed by atoms with Crippen molar-refractivity contribution in [3.63, 3.8) is 0 Å². The number of anilines is 3. The van der Waals surface area contributed by atoms with Gasteiger partial charge in [0, 0.05) is 17.8 Å². The molecule has 0 saturated carbocycles. The van der Waals surface area contributed by atoms with Crippen LogP contribution in [0.2, 0.25) is 10.0 Å². The Morgan fingerprint density at radius 3 is 2.70 bits per heavy atom. The molecule has 0 aliphatic carbocycles. The van der Waals surface area contributed by atoms with E-state index in [9.17, 15) is 0 Å². The molecule has 0 fully saturated rings. The number of benzene rings is 1. The highest BCUT2D eigenvalue weighted by Crippen LogP contribution is 2.27. The summed E-state index contributed by atoms with van der Waals surface area (Å²) in [6.07, 6.45) is 1.70. The Labute approximate surface area is 128 Å². The van der Waals surface area contributed by atoms with Crippen LogP contribution in [0.5, 0.6) is 0 Å². The summed E-state index contributed by atoms with van der Waals surface area (Å²) in [6, 6.07) is 7.06. The van der Waals surface area contributed by atoms with Crippen molar-refractivity contribution in [3.05, 3.63) is 40.5 Å². The van der Waals surface area contributed by atoms with Crippen LogP contribution in [-0.4, -0.2) is 16.5 Å². The van der Waals surface area contributed by atoms with Crippen LogP contribution in [0.25, 0.3) is 0 Å². The highest BCUT2D eigenvalue weighted by molar-refractivity contribution is 6.36. The molecule has 0 radical (unpaired) electrons. The van der Waals surface area contributed by atoms with Gasteiger partial charge in [0.05, 0.1) is 10.7 Å². The van der Waals surface area contributed by atoms with Crippen LogP contribution in [0, 0.1) is 5.92 Å². The van der Waals surface area contributed by atoms with Crippen molar-refractivity contribution in [1.29, 1.82) is 0 Å². The van der Waals surface area contributed by atoms with Crippen molar-refractivity contribution >= 4 is 40.7 Å². The summed E-state index contributed by atoms with van der Waals surface area (Å²) in [7, 11) is 0. The van der Waals surface area contributed by atoms with Crippen LogP contribution in [-0.2, 0) is 0 Å². The molecule has 4 nitrogen and oxygen atoms in total. The molecule has 0 atom stereocenters. The summed E-state index contributed by atoms with van der Waals surface area (Å²) in [4.78, 5) is 8.55. The van der Waals surface area contributed by atoms with Crippen LogP contribution in [0.3, 0.4) is 0 Å². The van der Waals surface area contributed by atoms with Crippen LogP contribution in [0.15, 0.2) is 30.5 Å². The molecule has 20 heavy (non-hydrogen) atoms. The van der Waals surface area contributed by atoms with Gasteiger partial charge >= 0.3 is 0 Å². The van der Waals surface area contributed by atoms with E-state index in [1.165, 1.54) is 0 Å². The van der Waals surface area contributed by atoms with Crippen molar-refractivity contribution < 1.29 is 0 Å². The normalized spacial score (nSPS) is 10.7. The zero-order chi connectivity index (χ0) is 14.5. The third-order valence-electron chi connectivity index (χ3n) is 2.52. The second kappa shape index (κ2) is 6.77. The number of hydrogen-bond acceptors (Lipinski definition) is 4. The first-order valence-electron chi connectivity index (χ1n) is 6.33. The average molecular weight is 311 g/mol. The maximum absolute atomic E-state index is 6.10. The van der Waals surface area contributed by atoms with Crippen LogP contribution in [0.4, 0.5) is 17.5 Å². The molecule has 2 N–H and O–H groups in total. The molecule has 2 aromatic rings. The van der Waals surface area contributed by atoms with E-state index in [1.54, 1.807) is 24.4 Å². The van der Waals surface area contributed by atoms with E-state index in [0.29, 0.717) is 21.9 Å². The number of hydrogen-bond donors (Lipinski definition) is 2. The second-order valence-corrected chi connectivity index (χ2v) is 5.63. The molecule has 0 spiro atoms. The van der Waals surface area contributed by atoms with E-state index < -0.39 is 0 Å². The fraction of sp³-hybridized carbons (Fsp3) is 0.286. The standard InChI is InChI=1S/C14H16Cl2N4/c1-9(2)8-18-13-5-6-17-14(20-13)19-12-4-3-10(15)7-11(12)16/h3-7,9H,8H2,1-2H3,(H2,17,18,19,20). The summed E-state index contributed by atoms with van der Waals surface area (Å²) in [5, 5.41) is 7.44. The first-order chi connectivity index (χ1) is 9.54. The Morgan fingerprint density at radius 1 is 1.20 bits per heavy atom. The predicted octanol–water partition coefficient (Wildman–Crippen LogP) is 4.59. The number of aromatic nitrogens is 2. The minimum absolute atomic E-state index is 0.489. The maximum atomic E-state index is 6.10. The van der Waals surface area contributed by atoms with Gasteiger partial charge in [-0.25, -0.2) is 4.98 Å². The second-order valence-electron chi connectivity index (χ2n) is 4.79. The molecule has 106 valence electrons. The largest absolute Gasteiger partial charge is 0.370 e. The zero-order valence-electron chi connectivity index (χ0n) is 11.3. The SMILES string of the molecule is CC(C)CNc1ccnc(Nc2ccc(Cl)cc2Cl)n1. The lowest BCUT2D eigenvalue weighted by Gasteiger charge is -2.10. The van der Waals surface area contributed by atoms with Gasteiger partial charge in [-0.3, -0.25) is 0 Å². The van der Waals surface area contributed by atoms with Gasteiger partial charge in [0.15, 0.2) is 0 Å². The first-order valence-corrected chi connectivity index (χ1v) is 7.09. The summed E-state index contributed by atoms with van der Waals surface area (Å²) in [5.74, 6) is 1.82. The minimum atomic E-state index is 0.489. The molecule has 1 aromatic heterocycles. The Hall–Kier alpha value is -1.52. The van der Waals surface area contributed by atoms with E-state index in [4.69, 9.17) is 23.2 Å². The maximum Gasteiger partial charge on any atom is 0.229 e. The Balaban J connectivity index is 2.11. The third kappa shape index (κ3) is 4.25. The molecule has 0 bridgehead atoms. The third-order valence-corrected chi connectivity index (χ3v) is 3.07. The van der Waals surface area contributed by atoms with E-state index in [1.807, 2.05) is 6.07 Å². The molecule has 6 heteroatoms. The van der Waals surface area contributed by atoms with Crippen molar-refractivity contribution in [3.8, 4) is 0 Å². The summed E-state index contributed by atoms with van der Waals surface area (Å²) in [5.41, 5.74) is 0.720. The molecule has 1 aromatic carbocycles. The van der Waals surface area contributed by atoms with Crippen molar-refractivity contribution in [2.24, 2.45) is 5.92 Å². The predicted molar refractivity (Wildman–Crippen MR) is 85.1 cm³/mol. The van der Waals surface area contributed by atoms with Gasteiger partial charge in [-0.1, -0.05) is 37.0 Å². The van der Waals surface area contributed by atoms with E-state index >= 15 is 0 Å². The van der Waals surface area contributed by atoms with Crippen molar-refractivity contribution in [1.82, 2.24) is 9.97 Å². The van der Waals surface area contributed by atoms with Gasteiger partial charge in [0.25, 0.3) is 0 Å². The number of rotatable bonds is 5. The lowest BCUT2D eigenvalue weighted by Crippen LogP contribution is -2.10. The van der Waals surface area contributed by atoms with Crippen LogP contribution >= 0.6 is 23.2 Å². The van der Waals surface area contributed by atoms with E-state index in [0.717, 1.165) is 18.1 Å². The van der Waals surface area contributed by atoms with Gasteiger partial charge in [-0.05, 0) is 30.2 Å². The van der Waals surface area contributed by atoms with Crippen molar-refractivity contribution in [2.75, 3.05) is 17.2 Å². The molecular weight excluding hydrogens is 295 g/mol. The Bertz CT molecular complexity index is 587. The quantitative estimate of drug-likeness (QED) is 0.847. The molecule has 0 saturated heterocycles. The van der Waals surface area contributed by atoms with Crippen LogP contribution in [0.1, 0.15) is 13.8 Å².